The number of rotatable bonds is 5. The zero-order chi connectivity index (χ0) is 15.3. The van der Waals surface area contributed by atoms with Crippen molar-refractivity contribution in [1.82, 2.24) is 4.90 Å². The van der Waals surface area contributed by atoms with Crippen LogP contribution in [0.2, 0.25) is 0 Å². The quantitative estimate of drug-likeness (QED) is 0.575. The van der Waals surface area contributed by atoms with Crippen LogP contribution in [0.1, 0.15) is 40.0 Å². The summed E-state index contributed by atoms with van der Waals surface area (Å²) in [6, 6.07) is 0. The number of hydrogen-bond donors (Lipinski definition) is 0. The van der Waals surface area contributed by atoms with Crippen molar-refractivity contribution >= 4 is 5.78 Å². The summed E-state index contributed by atoms with van der Waals surface area (Å²) < 4.78 is 5.32. The van der Waals surface area contributed by atoms with Gasteiger partial charge in [0, 0.05) is 32.0 Å². The average molecular weight is 291 g/mol. The van der Waals surface area contributed by atoms with Crippen molar-refractivity contribution in [3.63, 3.8) is 0 Å². The Kier molecular flexibility index (Phi) is 5.77. The van der Waals surface area contributed by atoms with Crippen LogP contribution in [-0.2, 0) is 9.53 Å². The van der Waals surface area contributed by atoms with Gasteiger partial charge in [0.15, 0.2) is 5.78 Å². The zero-order valence-electron chi connectivity index (χ0n) is 13.7. The lowest BCUT2D eigenvalue weighted by molar-refractivity contribution is -0.115. The average Bonchev–Trinajstić information content (AvgIpc) is 2.45. The van der Waals surface area contributed by atoms with Crippen molar-refractivity contribution in [2.75, 3.05) is 32.8 Å². The number of ether oxygens (including phenoxy) is 1. The van der Waals surface area contributed by atoms with Crippen molar-refractivity contribution in [2.45, 2.75) is 40.0 Å². The molecule has 0 N–H and O–H groups in total. The summed E-state index contributed by atoms with van der Waals surface area (Å²) in [7, 11) is 0. The van der Waals surface area contributed by atoms with E-state index in [0.717, 1.165) is 39.3 Å². The first-order valence-corrected chi connectivity index (χ1v) is 8.17. The zero-order valence-corrected chi connectivity index (χ0v) is 13.7. The summed E-state index contributed by atoms with van der Waals surface area (Å²) >= 11 is 0. The molecule has 0 saturated carbocycles. The van der Waals surface area contributed by atoms with E-state index < -0.39 is 0 Å². The van der Waals surface area contributed by atoms with Gasteiger partial charge >= 0.3 is 0 Å². The van der Waals surface area contributed by atoms with Crippen LogP contribution in [0.5, 0.6) is 0 Å². The third kappa shape index (κ3) is 4.79. The van der Waals surface area contributed by atoms with Gasteiger partial charge in [-0.25, -0.2) is 0 Å². The van der Waals surface area contributed by atoms with E-state index in [4.69, 9.17) is 4.74 Å². The van der Waals surface area contributed by atoms with Gasteiger partial charge in [-0.15, -0.1) is 0 Å². The van der Waals surface area contributed by atoms with E-state index in [-0.39, 0.29) is 11.2 Å². The van der Waals surface area contributed by atoms with Crippen LogP contribution >= 0.6 is 0 Å². The topological polar surface area (TPSA) is 29.5 Å². The molecule has 0 radical (unpaired) electrons. The van der Waals surface area contributed by atoms with Crippen molar-refractivity contribution < 1.29 is 9.53 Å². The molecule has 0 aromatic heterocycles. The van der Waals surface area contributed by atoms with Gasteiger partial charge in [0.1, 0.15) is 0 Å². The molecule has 2 rings (SSSR count). The fraction of sp³-hybridized carbons (Fsp3) is 0.722. The molecule has 1 aliphatic heterocycles. The minimum absolute atomic E-state index is 0.246. The molecule has 1 heterocycles. The number of carbonyl (C=O) groups excluding carboxylic acids is 1. The molecule has 1 saturated heterocycles. The molecule has 21 heavy (non-hydrogen) atoms. The Bertz CT molecular complexity index is 417. The Balaban J connectivity index is 1.83. The number of morpholine rings is 1. The first-order chi connectivity index (χ1) is 9.99. The molecule has 0 amide bonds. The molecule has 0 aromatic carbocycles. The smallest absolute Gasteiger partial charge is 0.156 e. The molecule has 0 bridgehead atoms. The van der Waals surface area contributed by atoms with Gasteiger partial charge in [0.2, 0.25) is 0 Å². The number of nitrogens with zero attached hydrogens (tertiary/aromatic N) is 1. The maximum absolute atomic E-state index is 12.1. The largest absolute Gasteiger partial charge is 0.379 e. The summed E-state index contributed by atoms with van der Waals surface area (Å²) in [4.78, 5) is 14.4. The molecule has 0 spiro atoms. The molecule has 0 unspecified atom stereocenters. The number of carbonyl (C=O) groups is 1. The van der Waals surface area contributed by atoms with Crippen LogP contribution in [0.25, 0.3) is 0 Å². The van der Waals surface area contributed by atoms with Crippen molar-refractivity contribution in [3.05, 3.63) is 23.8 Å². The Labute approximate surface area is 129 Å². The lowest BCUT2D eigenvalue weighted by atomic mass is 9.68. The van der Waals surface area contributed by atoms with E-state index in [1.54, 1.807) is 0 Å². The van der Waals surface area contributed by atoms with Gasteiger partial charge in [-0.3, -0.25) is 9.69 Å². The standard InChI is InChI=1S/C18H29NO2/c1-15-5-4-9-18(2,3)17(15)7-6-16(20)8-10-19-11-13-21-14-12-19/h5-7,17H,4,8-14H2,1-3H3/b7-6+/t17-/m1/s1. The highest BCUT2D eigenvalue weighted by atomic mass is 16.5. The van der Waals surface area contributed by atoms with Crippen LogP contribution in [0.4, 0.5) is 0 Å². The van der Waals surface area contributed by atoms with E-state index >= 15 is 0 Å². The third-order valence-corrected chi connectivity index (χ3v) is 4.84. The van der Waals surface area contributed by atoms with Crippen LogP contribution < -0.4 is 0 Å². The van der Waals surface area contributed by atoms with Crippen molar-refractivity contribution in [1.29, 1.82) is 0 Å². The first-order valence-electron chi connectivity index (χ1n) is 8.17. The molecular weight excluding hydrogens is 262 g/mol. The number of ketones is 1. The van der Waals surface area contributed by atoms with Gasteiger partial charge in [-0.2, -0.15) is 0 Å². The van der Waals surface area contributed by atoms with Crippen molar-refractivity contribution in [2.24, 2.45) is 11.3 Å². The van der Waals surface area contributed by atoms with Crippen LogP contribution in [0, 0.1) is 11.3 Å². The summed E-state index contributed by atoms with van der Waals surface area (Å²) in [5.74, 6) is 0.647. The Hall–Kier alpha value is -0.930. The van der Waals surface area contributed by atoms with Crippen LogP contribution in [-0.4, -0.2) is 43.5 Å². The second kappa shape index (κ2) is 7.37. The Morgan fingerprint density at radius 3 is 2.81 bits per heavy atom. The van der Waals surface area contributed by atoms with Gasteiger partial charge in [0.25, 0.3) is 0 Å². The fourth-order valence-corrected chi connectivity index (χ4v) is 3.36. The maximum atomic E-state index is 12.1. The molecular formula is C18H29NO2. The second-order valence-electron chi connectivity index (χ2n) is 6.98. The maximum Gasteiger partial charge on any atom is 0.156 e. The number of allylic oxidation sites excluding steroid dienone is 4. The minimum Gasteiger partial charge on any atom is -0.379 e. The SMILES string of the molecule is CC1=CCCC(C)(C)[C@@H]1/C=C/C(=O)CCN1CCOCC1. The fourth-order valence-electron chi connectivity index (χ4n) is 3.36. The number of hydrogen-bond acceptors (Lipinski definition) is 3. The van der Waals surface area contributed by atoms with Crippen LogP contribution in [0.3, 0.4) is 0 Å². The highest BCUT2D eigenvalue weighted by Gasteiger charge is 2.30. The summed E-state index contributed by atoms with van der Waals surface area (Å²) in [6.07, 6.45) is 9.24. The molecule has 1 atom stereocenters. The second-order valence-corrected chi connectivity index (χ2v) is 6.98. The van der Waals surface area contributed by atoms with E-state index in [1.807, 2.05) is 6.08 Å². The summed E-state index contributed by atoms with van der Waals surface area (Å²) in [6.45, 7) is 11.1. The molecule has 3 heteroatoms. The van der Waals surface area contributed by atoms with Crippen molar-refractivity contribution in [3.8, 4) is 0 Å². The summed E-state index contributed by atoms with van der Waals surface area (Å²) in [5, 5.41) is 0. The molecule has 2 aliphatic rings. The predicted octanol–water partition coefficient (Wildman–Crippen LogP) is 3.22. The van der Waals surface area contributed by atoms with Gasteiger partial charge < -0.3 is 4.74 Å². The molecule has 1 aliphatic carbocycles. The Morgan fingerprint density at radius 1 is 1.43 bits per heavy atom. The van der Waals surface area contributed by atoms with Crippen LogP contribution in [0.15, 0.2) is 23.8 Å². The van der Waals surface area contributed by atoms with E-state index in [1.165, 1.54) is 12.0 Å². The normalized spacial score (nSPS) is 26.8. The highest BCUT2D eigenvalue weighted by molar-refractivity contribution is 5.89. The molecule has 118 valence electrons. The van der Waals surface area contributed by atoms with Gasteiger partial charge in [0.05, 0.1) is 13.2 Å². The third-order valence-electron chi connectivity index (χ3n) is 4.84. The first kappa shape index (κ1) is 16.4. The van der Waals surface area contributed by atoms with Gasteiger partial charge in [-0.1, -0.05) is 31.6 Å². The molecule has 3 nitrogen and oxygen atoms in total. The summed E-state index contributed by atoms with van der Waals surface area (Å²) in [5.41, 5.74) is 1.67. The van der Waals surface area contributed by atoms with Gasteiger partial charge in [-0.05, 0) is 31.3 Å². The predicted molar refractivity (Wildman–Crippen MR) is 86.3 cm³/mol. The van der Waals surface area contributed by atoms with E-state index in [2.05, 4.69) is 37.8 Å². The minimum atomic E-state index is 0.246. The highest BCUT2D eigenvalue weighted by Crippen LogP contribution is 2.41. The lowest BCUT2D eigenvalue weighted by Crippen LogP contribution is -2.37. The Morgan fingerprint density at radius 2 is 2.14 bits per heavy atom. The molecule has 0 aromatic rings. The molecule has 1 fully saturated rings. The monoisotopic (exact) mass is 291 g/mol. The van der Waals surface area contributed by atoms with E-state index in [0.29, 0.717) is 12.3 Å². The van der Waals surface area contributed by atoms with E-state index in [9.17, 15) is 4.79 Å². The lowest BCUT2D eigenvalue weighted by Gasteiger charge is -2.36.